The van der Waals surface area contributed by atoms with E-state index < -0.39 is 0 Å². The molecular weight excluding hydrogens is 717 g/mol. The summed E-state index contributed by atoms with van der Waals surface area (Å²) < 4.78 is 13.3. The van der Waals surface area contributed by atoms with E-state index in [9.17, 15) is 0 Å². The van der Waals surface area contributed by atoms with Crippen LogP contribution >= 0.6 is 0 Å². The number of hydrogen-bond acceptors (Lipinski definition) is 8. The first-order valence-electron chi connectivity index (χ1n) is 20.5. The molecule has 0 saturated heterocycles. The van der Waals surface area contributed by atoms with Gasteiger partial charge in [0, 0.05) is 60.1 Å². The van der Waals surface area contributed by atoms with Gasteiger partial charge in [-0.2, -0.15) is 0 Å². The molecule has 0 saturated carbocycles. The van der Waals surface area contributed by atoms with Gasteiger partial charge in [0.1, 0.15) is 23.0 Å². The number of anilines is 6. The molecular formula is C50H56N6O2. The van der Waals surface area contributed by atoms with Gasteiger partial charge in [-0.3, -0.25) is 9.97 Å². The van der Waals surface area contributed by atoms with Gasteiger partial charge in [-0.25, -0.2) is 0 Å². The lowest BCUT2D eigenvalue weighted by atomic mass is 9.86. The molecule has 8 rings (SSSR count). The molecule has 0 unspecified atom stereocenters. The number of pyridine rings is 2. The number of para-hydroxylation sites is 4. The van der Waals surface area contributed by atoms with Crippen molar-refractivity contribution in [1.29, 1.82) is 0 Å². The Morgan fingerprint density at radius 3 is 1.21 bits per heavy atom. The Morgan fingerprint density at radius 2 is 0.845 bits per heavy atom. The van der Waals surface area contributed by atoms with Crippen LogP contribution in [0.1, 0.15) is 80.4 Å². The minimum Gasteiger partial charge on any atom is -0.457 e. The number of benzene rings is 4. The SMILES string of the molecule is CC(C)N1CN(c2cc(Oc3ccnc(-c4cc(Oc5cc(N6CN(C(C)C)c7ccccc76)cc(C(C)(C)C)c5)ccn4)c3)cc(C(C)(C)C)c2)c2ccccc21. The van der Waals surface area contributed by atoms with E-state index in [-0.39, 0.29) is 10.8 Å². The third-order valence-corrected chi connectivity index (χ3v) is 11.1. The number of ether oxygens (including phenoxy) is 2. The van der Waals surface area contributed by atoms with Crippen LogP contribution in [-0.2, 0) is 10.8 Å². The van der Waals surface area contributed by atoms with Gasteiger partial charge in [-0.05, 0) is 110 Å². The maximum atomic E-state index is 6.67. The van der Waals surface area contributed by atoms with E-state index in [4.69, 9.17) is 19.4 Å². The molecule has 2 aromatic heterocycles. The fourth-order valence-corrected chi connectivity index (χ4v) is 7.77. The summed E-state index contributed by atoms with van der Waals surface area (Å²) in [7, 11) is 0. The second kappa shape index (κ2) is 15.1. The molecule has 2 aliphatic heterocycles. The predicted octanol–water partition coefficient (Wildman–Crippen LogP) is 13.0. The lowest BCUT2D eigenvalue weighted by Crippen LogP contribution is -2.33. The Hall–Kier alpha value is -6.02. The van der Waals surface area contributed by atoms with Crippen LogP contribution in [0, 0.1) is 0 Å². The van der Waals surface area contributed by atoms with Crippen LogP contribution in [0.3, 0.4) is 0 Å². The van der Waals surface area contributed by atoms with Crippen LogP contribution in [0.2, 0.25) is 0 Å². The average molecular weight is 773 g/mol. The van der Waals surface area contributed by atoms with E-state index in [1.54, 1.807) is 12.4 Å². The van der Waals surface area contributed by atoms with Gasteiger partial charge in [0.15, 0.2) is 0 Å². The van der Waals surface area contributed by atoms with Crippen molar-refractivity contribution in [3.8, 4) is 34.4 Å². The molecule has 4 heterocycles. The molecule has 298 valence electrons. The summed E-state index contributed by atoms with van der Waals surface area (Å²) in [5.41, 5.74) is 10.7. The monoisotopic (exact) mass is 772 g/mol. The summed E-state index contributed by atoms with van der Waals surface area (Å²) in [6, 6.07) is 38.9. The highest BCUT2D eigenvalue weighted by molar-refractivity contribution is 5.84. The van der Waals surface area contributed by atoms with Gasteiger partial charge in [0.05, 0.1) is 47.5 Å². The Bertz CT molecular complexity index is 2270. The molecule has 0 N–H and O–H groups in total. The molecule has 0 radical (unpaired) electrons. The molecule has 0 aliphatic carbocycles. The highest BCUT2D eigenvalue weighted by Gasteiger charge is 2.31. The minimum absolute atomic E-state index is 0.0839. The highest BCUT2D eigenvalue weighted by Crippen LogP contribution is 2.46. The summed E-state index contributed by atoms with van der Waals surface area (Å²) in [4.78, 5) is 19.1. The van der Waals surface area contributed by atoms with Gasteiger partial charge in [-0.15, -0.1) is 0 Å². The first kappa shape index (κ1) is 38.8. The normalized spacial score (nSPS) is 14.1. The molecule has 0 fully saturated rings. The topological polar surface area (TPSA) is 57.2 Å². The summed E-state index contributed by atoms with van der Waals surface area (Å²) in [6.07, 6.45) is 3.55. The molecule has 4 aromatic carbocycles. The molecule has 0 spiro atoms. The number of fused-ring (bicyclic) bond motifs is 2. The Kier molecular flexibility index (Phi) is 10.1. The molecule has 0 bridgehead atoms. The zero-order valence-corrected chi connectivity index (χ0v) is 35.6. The van der Waals surface area contributed by atoms with Crippen LogP contribution in [0.5, 0.6) is 23.0 Å². The summed E-state index contributed by atoms with van der Waals surface area (Å²) in [5, 5.41) is 0. The second-order valence-corrected chi connectivity index (χ2v) is 18.1. The molecule has 6 aromatic rings. The highest BCUT2D eigenvalue weighted by atomic mass is 16.5. The number of nitrogens with zero attached hydrogens (tertiary/aromatic N) is 6. The van der Waals surface area contributed by atoms with E-state index in [1.165, 1.54) is 33.9 Å². The van der Waals surface area contributed by atoms with Gasteiger partial charge >= 0.3 is 0 Å². The fraction of sp³-hybridized carbons (Fsp3) is 0.320. The third kappa shape index (κ3) is 7.80. The van der Waals surface area contributed by atoms with Crippen LogP contribution in [0.4, 0.5) is 34.1 Å². The lowest BCUT2D eigenvalue weighted by Gasteiger charge is -2.27. The van der Waals surface area contributed by atoms with Crippen molar-refractivity contribution in [1.82, 2.24) is 9.97 Å². The van der Waals surface area contributed by atoms with Crippen molar-refractivity contribution in [3.63, 3.8) is 0 Å². The van der Waals surface area contributed by atoms with Crippen molar-refractivity contribution in [2.75, 3.05) is 32.9 Å². The van der Waals surface area contributed by atoms with Gasteiger partial charge < -0.3 is 29.1 Å². The van der Waals surface area contributed by atoms with E-state index in [1.807, 2.05) is 24.3 Å². The van der Waals surface area contributed by atoms with Crippen molar-refractivity contribution in [2.45, 2.75) is 92.2 Å². The standard InChI is InChI=1S/C50H56N6O2/c1-33(2)53-31-55(47-17-13-11-15-45(47)53)37-23-35(49(5,6)7)25-41(27-37)57-39-19-21-51-43(29-39)44-30-40(20-22-52-44)58-42-26-36(50(8,9)10)24-38(28-42)56-32-54(34(3)4)46-16-12-14-18-48(46)56/h11-30,33-34H,31-32H2,1-10H3. The maximum Gasteiger partial charge on any atom is 0.131 e. The Morgan fingerprint density at radius 1 is 0.466 bits per heavy atom. The van der Waals surface area contributed by atoms with E-state index in [0.717, 1.165) is 36.2 Å². The van der Waals surface area contributed by atoms with Crippen LogP contribution < -0.4 is 29.1 Å². The van der Waals surface area contributed by atoms with Crippen LogP contribution in [0.15, 0.2) is 122 Å². The van der Waals surface area contributed by atoms with E-state index in [0.29, 0.717) is 35.0 Å². The summed E-state index contributed by atoms with van der Waals surface area (Å²) in [6.45, 7) is 24.0. The first-order valence-corrected chi connectivity index (χ1v) is 20.5. The van der Waals surface area contributed by atoms with E-state index in [2.05, 4.69) is 174 Å². The zero-order valence-electron chi connectivity index (χ0n) is 35.6. The largest absolute Gasteiger partial charge is 0.457 e. The zero-order chi connectivity index (χ0) is 40.9. The molecule has 8 heteroatoms. The second-order valence-electron chi connectivity index (χ2n) is 18.1. The maximum absolute atomic E-state index is 6.67. The van der Waals surface area contributed by atoms with Crippen molar-refractivity contribution in [3.05, 3.63) is 133 Å². The molecule has 0 amide bonds. The van der Waals surface area contributed by atoms with Crippen molar-refractivity contribution < 1.29 is 9.47 Å². The number of hydrogen-bond donors (Lipinski definition) is 0. The Labute approximate surface area is 344 Å². The third-order valence-electron chi connectivity index (χ3n) is 11.1. The van der Waals surface area contributed by atoms with Gasteiger partial charge in [0.25, 0.3) is 0 Å². The first-order chi connectivity index (χ1) is 27.6. The van der Waals surface area contributed by atoms with Gasteiger partial charge in [-0.1, -0.05) is 65.8 Å². The summed E-state index contributed by atoms with van der Waals surface area (Å²) >= 11 is 0. The number of rotatable bonds is 9. The molecule has 0 atom stereocenters. The lowest BCUT2D eigenvalue weighted by molar-refractivity contribution is 0.477. The molecule has 8 nitrogen and oxygen atoms in total. The minimum atomic E-state index is -0.0839. The summed E-state index contributed by atoms with van der Waals surface area (Å²) in [5.74, 6) is 2.92. The van der Waals surface area contributed by atoms with Crippen LogP contribution in [0.25, 0.3) is 11.4 Å². The predicted molar refractivity (Wildman–Crippen MR) is 240 cm³/mol. The average Bonchev–Trinajstić information content (AvgIpc) is 3.78. The Balaban J connectivity index is 1.08. The van der Waals surface area contributed by atoms with Crippen molar-refractivity contribution >= 4 is 34.1 Å². The smallest absolute Gasteiger partial charge is 0.131 e. The number of aromatic nitrogens is 2. The van der Waals surface area contributed by atoms with Gasteiger partial charge in [0.2, 0.25) is 0 Å². The van der Waals surface area contributed by atoms with E-state index >= 15 is 0 Å². The fourth-order valence-electron chi connectivity index (χ4n) is 7.77. The molecule has 58 heavy (non-hydrogen) atoms. The van der Waals surface area contributed by atoms with Crippen molar-refractivity contribution in [2.24, 2.45) is 0 Å². The quantitative estimate of drug-likeness (QED) is 0.144. The molecule has 2 aliphatic rings. The van der Waals surface area contributed by atoms with Crippen LogP contribution in [-0.4, -0.2) is 35.4 Å².